The molecule has 0 atom stereocenters. The summed E-state index contributed by atoms with van der Waals surface area (Å²) in [5.74, 6) is 1.17. The summed E-state index contributed by atoms with van der Waals surface area (Å²) in [5.41, 5.74) is 1.34. The first-order valence-corrected chi connectivity index (χ1v) is 10.3. The first kappa shape index (κ1) is 18.2. The van der Waals surface area contributed by atoms with Crippen LogP contribution >= 0.6 is 15.9 Å². The maximum Gasteiger partial charge on any atom is 0.243 e. The van der Waals surface area contributed by atoms with Crippen LogP contribution in [-0.4, -0.2) is 20.9 Å². The van der Waals surface area contributed by atoms with E-state index in [0.717, 1.165) is 11.3 Å². The van der Waals surface area contributed by atoms with Crippen LogP contribution in [0.25, 0.3) is 0 Å². The number of anilines is 1. The molecule has 2 aromatic rings. The minimum Gasteiger partial charge on any atom is -0.465 e. The molecule has 2 heterocycles. The molecular formula is C17H19BrN2O4S. The van der Waals surface area contributed by atoms with Gasteiger partial charge in [-0.25, -0.2) is 13.1 Å². The van der Waals surface area contributed by atoms with Crippen LogP contribution in [0.4, 0.5) is 5.69 Å². The average Bonchev–Trinajstić information content (AvgIpc) is 3.17. The molecule has 0 radical (unpaired) electrons. The molecule has 0 fully saturated rings. The van der Waals surface area contributed by atoms with E-state index in [1.807, 2.05) is 6.07 Å². The number of benzene rings is 1. The van der Waals surface area contributed by atoms with Crippen molar-refractivity contribution in [2.45, 2.75) is 38.1 Å². The van der Waals surface area contributed by atoms with E-state index < -0.39 is 10.0 Å². The fraction of sp³-hybridized carbons (Fsp3) is 0.353. The van der Waals surface area contributed by atoms with Gasteiger partial charge in [0, 0.05) is 17.4 Å². The van der Waals surface area contributed by atoms with Crippen molar-refractivity contribution in [3.8, 4) is 0 Å². The number of rotatable bonds is 5. The monoisotopic (exact) mass is 426 g/mol. The van der Waals surface area contributed by atoms with Gasteiger partial charge in [0.25, 0.3) is 0 Å². The largest absolute Gasteiger partial charge is 0.465 e. The normalized spacial score (nSPS) is 14.0. The molecule has 0 spiro atoms. The van der Waals surface area contributed by atoms with Crippen LogP contribution in [0.5, 0.6) is 0 Å². The second-order valence-corrected chi connectivity index (χ2v) is 8.55. The van der Waals surface area contributed by atoms with E-state index >= 15 is 0 Å². The number of carbonyl (C=O) groups is 1. The summed E-state index contributed by atoms with van der Waals surface area (Å²) in [4.78, 5) is 13.9. The predicted molar refractivity (Wildman–Crippen MR) is 98.0 cm³/mol. The zero-order valence-corrected chi connectivity index (χ0v) is 16.4. The number of furan rings is 1. The molecule has 1 N–H and O–H groups in total. The number of halogens is 1. The standard InChI is InChI=1S/C17H19BrN2O4S/c1-3-16(21)20-7-6-12-8-13(18)9-15(17(12)20)25(22,23)19-10-14-5-4-11(2)24-14/h4-5,8-9,19H,3,6-7,10H2,1-2H3. The molecule has 0 saturated carbocycles. The second kappa shape index (κ2) is 6.93. The summed E-state index contributed by atoms with van der Waals surface area (Å²) < 4.78 is 34.4. The van der Waals surface area contributed by atoms with Gasteiger partial charge < -0.3 is 9.32 Å². The molecule has 1 aromatic heterocycles. The zero-order valence-electron chi connectivity index (χ0n) is 14.0. The van der Waals surface area contributed by atoms with Gasteiger partial charge >= 0.3 is 0 Å². The molecule has 25 heavy (non-hydrogen) atoms. The van der Waals surface area contributed by atoms with Gasteiger partial charge in [-0.3, -0.25) is 4.79 Å². The molecule has 6 nitrogen and oxygen atoms in total. The van der Waals surface area contributed by atoms with Crippen molar-refractivity contribution in [1.29, 1.82) is 0 Å². The number of hydrogen-bond donors (Lipinski definition) is 1. The summed E-state index contributed by atoms with van der Waals surface area (Å²) in [5, 5.41) is 0. The van der Waals surface area contributed by atoms with Gasteiger partial charge in [-0.05, 0) is 43.2 Å². The highest BCUT2D eigenvalue weighted by Gasteiger charge is 2.32. The minimum absolute atomic E-state index is 0.0547. The van der Waals surface area contributed by atoms with Crippen molar-refractivity contribution in [1.82, 2.24) is 4.72 Å². The lowest BCUT2D eigenvalue weighted by Gasteiger charge is -2.20. The molecule has 0 unspecified atom stereocenters. The molecule has 0 saturated heterocycles. The fourth-order valence-corrected chi connectivity index (χ4v) is 4.86. The van der Waals surface area contributed by atoms with Crippen molar-refractivity contribution in [3.05, 3.63) is 45.8 Å². The maximum absolute atomic E-state index is 12.9. The number of amides is 1. The van der Waals surface area contributed by atoms with Crippen molar-refractivity contribution in [2.75, 3.05) is 11.4 Å². The van der Waals surface area contributed by atoms with Gasteiger partial charge in [0.05, 0.1) is 12.2 Å². The molecule has 0 aliphatic carbocycles. The Morgan fingerprint density at radius 1 is 1.36 bits per heavy atom. The van der Waals surface area contributed by atoms with Crippen LogP contribution in [0.3, 0.4) is 0 Å². The molecule has 3 rings (SSSR count). The number of nitrogens with one attached hydrogen (secondary N) is 1. The molecule has 1 aliphatic heterocycles. The SMILES string of the molecule is CCC(=O)N1CCc2cc(Br)cc(S(=O)(=O)NCc3ccc(C)o3)c21. The van der Waals surface area contributed by atoms with E-state index in [-0.39, 0.29) is 17.3 Å². The van der Waals surface area contributed by atoms with E-state index in [0.29, 0.717) is 35.3 Å². The smallest absolute Gasteiger partial charge is 0.243 e. The molecule has 1 aliphatic rings. The summed E-state index contributed by atoms with van der Waals surface area (Å²) in [6, 6.07) is 6.92. The first-order chi connectivity index (χ1) is 11.8. The number of carbonyl (C=O) groups excluding carboxylic acids is 1. The van der Waals surface area contributed by atoms with Crippen LogP contribution in [0.2, 0.25) is 0 Å². The Labute approximate surface area is 155 Å². The lowest BCUT2D eigenvalue weighted by atomic mass is 10.2. The van der Waals surface area contributed by atoms with E-state index in [9.17, 15) is 13.2 Å². The third-order valence-electron chi connectivity index (χ3n) is 4.12. The van der Waals surface area contributed by atoms with Gasteiger partial charge in [0.2, 0.25) is 15.9 Å². The summed E-state index contributed by atoms with van der Waals surface area (Å²) in [6.07, 6.45) is 0.967. The molecule has 1 aromatic carbocycles. The van der Waals surface area contributed by atoms with Gasteiger partial charge in [-0.2, -0.15) is 0 Å². The molecular weight excluding hydrogens is 408 g/mol. The van der Waals surface area contributed by atoms with Gasteiger partial charge in [-0.1, -0.05) is 22.9 Å². The molecule has 134 valence electrons. The highest BCUT2D eigenvalue weighted by molar-refractivity contribution is 9.10. The quantitative estimate of drug-likeness (QED) is 0.795. The van der Waals surface area contributed by atoms with Crippen molar-refractivity contribution >= 4 is 37.5 Å². The van der Waals surface area contributed by atoms with Crippen LogP contribution in [-0.2, 0) is 27.8 Å². The Balaban J connectivity index is 1.97. The minimum atomic E-state index is -3.81. The van der Waals surface area contributed by atoms with E-state index in [4.69, 9.17) is 4.42 Å². The Morgan fingerprint density at radius 3 is 2.76 bits per heavy atom. The Morgan fingerprint density at radius 2 is 2.12 bits per heavy atom. The fourth-order valence-electron chi connectivity index (χ4n) is 2.94. The average molecular weight is 427 g/mol. The maximum atomic E-state index is 12.9. The van der Waals surface area contributed by atoms with E-state index in [2.05, 4.69) is 20.7 Å². The Hall–Kier alpha value is -1.64. The van der Waals surface area contributed by atoms with Crippen molar-refractivity contribution in [2.24, 2.45) is 0 Å². The number of hydrogen-bond acceptors (Lipinski definition) is 4. The number of fused-ring (bicyclic) bond motifs is 1. The lowest BCUT2D eigenvalue weighted by molar-refractivity contribution is -0.118. The topological polar surface area (TPSA) is 79.6 Å². The van der Waals surface area contributed by atoms with Crippen LogP contribution in [0.15, 0.2) is 38.1 Å². The lowest BCUT2D eigenvalue weighted by Crippen LogP contribution is -2.31. The van der Waals surface area contributed by atoms with Gasteiger partial charge in [0.15, 0.2) is 0 Å². The molecule has 0 bridgehead atoms. The van der Waals surface area contributed by atoms with Crippen LogP contribution in [0, 0.1) is 6.92 Å². The highest BCUT2D eigenvalue weighted by atomic mass is 79.9. The van der Waals surface area contributed by atoms with Crippen LogP contribution < -0.4 is 9.62 Å². The number of sulfonamides is 1. The Bertz CT molecular complexity index is 921. The Kier molecular flexibility index (Phi) is 5.04. The van der Waals surface area contributed by atoms with Crippen molar-refractivity contribution < 1.29 is 17.6 Å². The first-order valence-electron chi connectivity index (χ1n) is 7.99. The van der Waals surface area contributed by atoms with Gasteiger partial charge in [-0.15, -0.1) is 0 Å². The highest BCUT2D eigenvalue weighted by Crippen LogP contribution is 2.37. The van der Waals surface area contributed by atoms with Crippen molar-refractivity contribution in [3.63, 3.8) is 0 Å². The summed E-state index contributed by atoms with van der Waals surface area (Å²) in [7, 11) is -3.81. The van der Waals surface area contributed by atoms with Gasteiger partial charge in [0.1, 0.15) is 16.4 Å². The van der Waals surface area contributed by atoms with E-state index in [1.54, 1.807) is 30.9 Å². The second-order valence-electron chi connectivity index (χ2n) is 5.90. The number of nitrogens with zero attached hydrogens (tertiary/aromatic N) is 1. The number of aryl methyl sites for hydroxylation is 1. The molecule has 8 heteroatoms. The predicted octanol–water partition coefficient (Wildman–Crippen LogP) is 3.13. The molecule has 1 amide bonds. The third-order valence-corrected chi connectivity index (χ3v) is 5.99. The zero-order chi connectivity index (χ0) is 18.2. The summed E-state index contributed by atoms with van der Waals surface area (Å²) >= 11 is 3.37. The van der Waals surface area contributed by atoms with E-state index in [1.165, 1.54) is 6.07 Å². The third kappa shape index (κ3) is 3.65. The van der Waals surface area contributed by atoms with Crippen LogP contribution in [0.1, 0.15) is 30.4 Å². The summed E-state index contributed by atoms with van der Waals surface area (Å²) in [6.45, 7) is 4.12.